The molecule has 0 radical (unpaired) electrons. The van der Waals surface area contributed by atoms with Crippen molar-refractivity contribution in [1.82, 2.24) is 4.72 Å². The SMILES string of the molecule is COc1ccc(NC(=O)CCNS(=O)(=O)c2ccc3c(c2)CCCC3)cc1NC(C)=O. The Morgan fingerprint density at radius 1 is 1.00 bits per heavy atom. The Kier molecular flexibility index (Phi) is 7.29. The van der Waals surface area contributed by atoms with E-state index in [0.717, 1.165) is 31.2 Å². The maximum absolute atomic E-state index is 12.6. The summed E-state index contributed by atoms with van der Waals surface area (Å²) in [5.41, 5.74) is 3.19. The molecule has 1 aliphatic carbocycles. The average Bonchev–Trinajstić information content (AvgIpc) is 2.73. The highest BCUT2D eigenvalue weighted by Crippen LogP contribution is 2.28. The molecule has 166 valence electrons. The van der Waals surface area contributed by atoms with Gasteiger partial charge < -0.3 is 15.4 Å². The number of aryl methyl sites for hydroxylation is 2. The first kappa shape index (κ1) is 22.8. The summed E-state index contributed by atoms with van der Waals surface area (Å²) in [7, 11) is -2.21. The maximum atomic E-state index is 12.6. The van der Waals surface area contributed by atoms with Crippen LogP contribution in [0.25, 0.3) is 0 Å². The van der Waals surface area contributed by atoms with E-state index in [9.17, 15) is 18.0 Å². The molecule has 2 aromatic rings. The largest absolute Gasteiger partial charge is 0.495 e. The summed E-state index contributed by atoms with van der Waals surface area (Å²) >= 11 is 0. The minimum absolute atomic E-state index is 0.0278. The lowest BCUT2D eigenvalue weighted by Gasteiger charge is -2.16. The second kappa shape index (κ2) is 9.93. The van der Waals surface area contributed by atoms with Crippen LogP contribution < -0.4 is 20.1 Å². The average molecular weight is 446 g/mol. The highest BCUT2D eigenvalue weighted by atomic mass is 32.2. The van der Waals surface area contributed by atoms with Crippen molar-refractivity contribution in [2.45, 2.75) is 43.9 Å². The van der Waals surface area contributed by atoms with Crippen molar-refractivity contribution in [3.05, 3.63) is 47.5 Å². The zero-order valence-electron chi connectivity index (χ0n) is 17.7. The van der Waals surface area contributed by atoms with Gasteiger partial charge >= 0.3 is 0 Å². The van der Waals surface area contributed by atoms with Gasteiger partial charge in [0.25, 0.3) is 0 Å². The Hall–Kier alpha value is -2.91. The quantitative estimate of drug-likeness (QED) is 0.578. The summed E-state index contributed by atoms with van der Waals surface area (Å²) in [4.78, 5) is 23.8. The molecule has 1 aliphatic rings. The summed E-state index contributed by atoms with van der Waals surface area (Å²) in [5.74, 6) is -0.156. The predicted molar refractivity (Wildman–Crippen MR) is 119 cm³/mol. The van der Waals surface area contributed by atoms with E-state index in [4.69, 9.17) is 4.74 Å². The van der Waals surface area contributed by atoms with Gasteiger partial charge in [-0.2, -0.15) is 0 Å². The number of benzene rings is 2. The maximum Gasteiger partial charge on any atom is 0.240 e. The fourth-order valence-corrected chi connectivity index (χ4v) is 4.64. The van der Waals surface area contributed by atoms with Crippen LogP contribution in [-0.2, 0) is 32.5 Å². The van der Waals surface area contributed by atoms with E-state index in [2.05, 4.69) is 15.4 Å². The Morgan fingerprint density at radius 3 is 2.45 bits per heavy atom. The monoisotopic (exact) mass is 445 g/mol. The third-order valence-electron chi connectivity index (χ3n) is 5.07. The van der Waals surface area contributed by atoms with E-state index in [1.807, 2.05) is 6.07 Å². The highest BCUT2D eigenvalue weighted by Gasteiger charge is 2.18. The molecule has 0 fully saturated rings. The van der Waals surface area contributed by atoms with Gasteiger partial charge in [0, 0.05) is 25.6 Å². The Bertz CT molecular complexity index is 1080. The van der Waals surface area contributed by atoms with Crippen molar-refractivity contribution in [3.63, 3.8) is 0 Å². The lowest BCUT2D eigenvalue weighted by Crippen LogP contribution is -2.28. The first-order valence-electron chi connectivity index (χ1n) is 10.2. The van der Waals surface area contributed by atoms with Crippen molar-refractivity contribution in [2.75, 3.05) is 24.3 Å². The number of amides is 2. The molecule has 2 amide bonds. The summed E-state index contributed by atoms with van der Waals surface area (Å²) in [6.07, 6.45) is 4.04. The molecular formula is C22H27N3O5S. The number of fused-ring (bicyclic) bond motifs is 1. The van der Waals surface area contributed by atoms with Crippen molar-refractivity contribution >= 4 is 33.2 Å². The van der Waals surface area contributed by atoms with Gasteiger partial charge in [-0.3, -0.25) is 9.59 Å². The van der Waals surface area contributed by atoms with Crippen molar-refractivity contribution in [3.8, 4) is 5.75 Å². The lowest BCUT2D eigenvalue weighted by atomic mass is 9.92. The van der Waals surface area contributed by atoms with E-state index in [1.165, 1.54) is 19.6 Å². The van der Waals surface area contributed by atoms with Gasteiger partial charge in [0.2, 0.25) is 21.8 Å². The zero-order valence-corrected chi connectivity index (χ0v) is 18.5. The molecule has 8 nitrogen and oxygen atoms in total. The van der Waals surface area contributed by atoms with Crippen LogP contribution in [-0.4, -0.2) is 33.9 Å². The van der Waals surface area contributed by atoms with Crippen molar-refractivity contribution < 1.29 is 22.7 Å². The van der Waals surface area contributed by atoms with Crippen LogP contribution in [0.4, 0.5) is 11.4 Å². The fourth-order valence-electron chi connectivity index (χ4n) is 3.56. The smallest absolute Gasteiger partial charge is 0.240 e. The van der Waals surface area contributed by atoms with E-state index in [1.54, 1.807) is 30.3 Å². The van der Waals surface area contributed by atoms with E-state index >= 15 is 0 Å². The number of hydrogen-bond acceptors (Lipinski definition) is 5. The lowest BCUT2D eigenvalue weighted by molar-refractivity contribution is -0.116. The number of sulfonamides is 1. The van der Waals surface area contributed by atoms with Crippen LogP contribution in [0, 0.1) is 0 Å². The molecule has 9 heteroatoms. The summed E-state index contributed by atoms with van der Waals surface area (Å²) < 4.78 is 32.8. The minimum atomic E-state index is -3.69. The van der Waals surface area contributed by atoms with Gasteiger partial charge in [0.05, 0.1) is 17.7 Å². The van der Waals surface area contributed by atoms with Crippen LogP contribution in [0.3, 0.4) is 0 Å². The number of ether oxygens (including phenoxy) is 1. The molecule has 0 aromatic heterocycles. The molecule has 2 aromatic carbocycles. The molecule has 0 saturated carbocycles. The molecule has 3 rings (SSSR count). The van der Waals surface area contributed by atoms with Crippen LogP contribution in [0.5, 0.6) is 5.75 Å². The molecule has 0 saturated heterocycles. The Balaban J connectivity index is 1.57. The topological polar surface area (TPSA) is 114 Å². The van der Waals surface area contributed by atoms with E-state index in [-0.39, 0.29) is 29.7 Å². The van der Waals surface area contributed by atoms with Crippen molar-refractivity contribution in [2.24, 2.45) is 0 Å². The predicted octanol–water partition coefficient (Wildman–Crippen LogP) is 2.84. The standard InChI is InChI=1S/C22H27N3O5S/c1-15(26)24-20-14-18(8-10-21(20)30-2)25-22(27)11-12-23-31(28,29)19-9-7-16-5-3-4-6-17(16)13-19/h7-10,13-14,23H,3-6,11-12H2,1-2H3,(H,24,26)(H,25,27). The molecule has 0 atom stereocenters. The second-order valence-electron chi connectivity index (χ2n) is 7.43. The molecular weight excluding hydrogens is 418 g/mol. The molecule has 3 N–H and O–H groups in total. The van der Waals surface area contributed by atoms with Crippen LogP contribution >= 0.6 is 0 Å². The molecule has 31 heavy (non-hydrogen) atoms. The number of carbonyl (C=O) groups excluding carboxylic acids is 2. The first-order chi connectivity index (χ1) is 14.8. The van der Waals surface area contributed by atoms with Gasteiger partial charge in [-0.25, -0.2) is 13.1 Å². The number of hydrogen-bond donors (Lipinski definition) is 3. The highest BCUT2D eigenvalue weighted by molar-refractivity contribution is 7.89. The summed E-state index contributed by atoms with van der Waals surface area (Å²) in [5, 5.41) is 5.33. The molecule has 0 bridgehead atoms. The van der Waals surface area contributed by atoms with Gasteiger partial charge in [-0.15, -0.1) is 0 Å². The number of nitrogens with one attached hydrogen (secondary N) is 3. The molecule has 0 unspecified atom stereocenters. The van der Waals surface area contributed by atoms with E-state index < -0.39 is 10.0 Å². The van der Waals surface area contributed by atoms with Gasteiger partial charge in [-0.05, 0) is 67.1 Å². The van der Waals surface area contributed by atoms with Crippen molar-refractivity contribution in [1.29, 1.82) is 0 Å². The number of rotatable bonds is 8. The zero-order chi connectivity index (χ0) is 22.4. The van der Waals surface area contributed by atoms with Gasteiger partial charge in [0.15, 0.2) is 0 Å². The molecule has 0 aliphatic heterocycles. The van der Waals surface area contributed by atoms with Crippen LogP contribution in [0.15, 0.2) is 41.3 Å². The molecule has 0 heterocycles. The minimum Gasteiger partial charge on any atom is -0.495 e. The summed E-state index contributed by atoms with van der Waals surface area (Å²) in [6, 6.07) is 10.1. The summed E-state index contributed by atoms with van der Waals surface area (Å²) in [6.45, 7) is 1.35. The van der Waals surface area contributed by atoms with E-state index in [0.29, 0.717) is 17.1 Å². The molecule has 0 spiro atoms. The second-order valence-corrected chi connectivity index (χ2v) is 9.20. The number of anilines is 2. The van der Waals surface area contributed by atoms with Gasteiger partial charge in [0.1, 0.15) is 5.75 Å². The van der Waals surface area contributed by atoms with Crippen LogP contribution in [0.1, 0.15) is 37.3 Å². The fraction of sp³-hybridized carbons (Fsp3) is 0.364. The van der Waals surface area contributed by atoms with Gasteiger partial charge in [-0.1, -0.05) is 6.07 Å². The first-order valence-corrected chi connectivity index (χ1v) is 11.6. The number of carbonyl (C=O) groups is 2. The Morgan fingerprint density at radius 2 is 1.74 bits per heavy atom. The number of methoxy groups -OCH3 is 1. The third-order valence-corrected chi connectivity index (χ3v) is 6.53. The third kappa shape index (κ3) is 6.05. The van der Waals surface area contributed by atoms with Crippen LogP contribution in [0.2, 0.25) is 0 Å². The Labute approximate surface area is 182 Å². The normalized spacial score (nSPS) is 13.2.